The predicted molar refractivity (Wildman–Crippen MR) is 105 cm³/mol. The first-order valence-corrected chi connectivity index (χ1v) is 9.31. The fraction of sp³-hybridized carbons (Fsp3) is 0.211. The maximum Gasteiger partial charge on any atom is 0.255 e. The number of benzene rings is 2. The zero-order valence-corrected chi connectivity index (χ0v) is 15.5. The third-order valence-corrected chi connectivity index (χ3v) is 4.77. The fourth-order valence-corrected chi connectivity index (χ4v) is 3.20. The molecule has 2 aromatic carbocycles. The minimum atomic E-state index is -0.125. The fourth-order valence-electron chi connectivity index (χ4n) is 2.45. The molecule has 1 heterocycles. The van der Waals surface area contributed by atoms with Gasteiger partial charge in [0, 0.05) is 17.0 Å². The molecule has 0 unspecified atom stereocenters. The van der Waals surface area contributed by atoms with Gasteiger partial charge in [0.05, 0.1) is 0 Å². The Balaban J connectivity index is 1.67. The van der Waals surface area contributed by atoms with Crippen molar-refractivity contribution in [1.82, 2.24) is 15.2 Å². The monoisotopic (exact) mass is 367 g/mol. The SMILES string of the molecule is CC(C)c1cccc(NC(=O)c2cccc(CSc3n[nH]c(N)n3)c2)c1. The summed E-state index contributed by atoms with van der Waals surface area (Å²) in [6, 6.07) is 15.5. The number of anilines is 2. The molecule has 4 N–H and O–H groups in total. The lowest BCUT2D eigenvalue weighted by molar-refractivity contribution is 0.102. The van der Waals surface area contributed by atoms with Crippen molar-refractivity contribution in [2.45, 2.75) is 30.7 Å². The largest absolute Gasteiger partial charge is 0.368 e. The third-order valence-electron chi connectivity index (χ3n) is 3.85. The van der Waals surface area contributed by atoms with Gasteiger partial charge in [-0.3, -0.25) is 4.79 Å². The lowest BCUT2D eigenvalue weighted by Gasteiger charge is -2.10. The van der Waals surface area contributed by atoms with E-state index in [1.807, 2.05) is 36.4 Å². The van der Waals surface area contributed by atoms with Crippen LogP contribution in [-0.2, 0) is 5.75 Å². The molecule has 0 saturated heterocycles. The molecule has 1 aromatic heterocycles. The van der Waals surface area contributed by atoms with Crippen molar-refractivity contribution < 1.29 is 4.79 Å². The normalized spacial score (nSPS) is 10.9. The molecule has 134 valence electrons. The molecule has 0 aliphatic rings. The Labute approximate surface area is 156 Å². The van der Waals surface area contributed by atoms with Crippen molar-refractivity contribution in [1.29, 1.82) is 0 Å². The number of aromatic nitrogens is 3. The van der Waals surface area contributed by atoms with Gasteiger partial charge in [-0.05, 0) is 41.3 Å². The van der Waals surface area contributed by atoms with Crippen molar-refractivity contribution in [2.75, 3.05) is 11.1 Å². The predicted octanol–water partition coefficient (Wildman–Crippen LogP) is 4.05. The molecule has 3 aromatic rings. The van der Waals surface area contributed by atoms with E-state index in [-0.39, 0.29) is 5.91 Å². The van der Waals surface area contributed by atoms with Crippen LogP contribution in [-0.4, -0.2) is 21.1 Å². The number of H-pyrrole nitrogens is 1. The number of carbonyl (C=O) groups is 1. The van der Waals surface area contributed by atoms with Gasteiger partial charge in [0.1, 0.15) is 0 Å². The first-order chi connectivity index (χ1) is 12.5. The summed E-state index contributed by atoms with van der Waals surface area (Å²) in [5.41, 5.74) is 9.15. The van der Waals surface area contributed by atoms with E-state index in [1.54, 1.807) is 6.07 Å². The van der Waals surface area contributed by atoms with Gasteiger partial charge in [-0.25, -0.2) is 5.10 Å². The average molecular weight is 367 g/mol. The van der Waals surface area contributed by atoms with Crippen molar-refractivity contribution >= 4 is 29.3 Å². The van der Waals surface area contributed by atoms with Crippen LogP contribution >= 0.6 is 11.8 Å². The zero-order chi connectivity index (χ0) is 18.5. The molecule has 0 spiro atoms. The van der Waals surface area contributed by atoms with Gasteiger partial charge in [0.25, 0.3) is 5.91 Å². The molecule has 7 heteroatoms. The maximum atomic E-state index is 12.6. The number of thioether (sulfide) groups is 1. The van der Waals surface area contributed by atoms with Gasteiger partial charge in [-0.15, -0.1) is 5.10 Å². The highest BCUT2D eigenvalue weighted by Gasteiger charge is 2.09. The van der Waals surface area contributed by atoms with Crippen molar-refractivity contribution in [3.05, 3.63) is 65.2 Å². The van der Waals surface area contributed by atoms with E-state index in [4.69, 9.17) is 5.73 Å². The Morgan fingerprint density at radius 3 is 2.77 bits per heavy atom. The Morgan fingerprint density at radius 1 is 1.23 bits per heavy atom. The van der Waals surface area contributed by atoms with Crippen molar-refractivity contribution in [2.24, 2.45) is 0 Å². The minimum Gasteiger partial charge on any atom is -0.368 e. The summed E-state index contributed by atoms with van der Waals surface area (Å²) in [5.74, 6) is 1.24. The highest BCUT2D eigenvalue weighted by Crippen LogP contribution is 2.21. The smallest absolute Gasteiger partial charge is 0.255 e. The summed E-state index contributed by atoms with van der Waals surface area (Å²) in [5, 5.41) is 10.1. The highest BCUT2D eigenvalue weighted by atomic mass is 32.2. The first-order valence-electron chi connectivity index (χ1n) is 8.32. The Morgan fingerprint density at radius 2 is 2.04 bits per heavy atom. The van der Waals surface area contributed by atoms with Crippen molar-refractivity contribution in [3.8, 4) is 0 Å². The molecule has 0 aliphatic heterocycles. The summed E-state index contributed by atoms with van der Waals surface area (Å²) in [6.45, 7) is 4.26. The Bertz CT molecular complexity index is 906. The van der Waals surface area contributed by atoms with Crippen molar-refractivity contribution in [3.63, 3.8) is 0 Å². The van der Waals surface area contributed by atoms with Gasteiger partial charge >= 0.3 is 0 Å². The van der Waals surface area contributed by atoms with E-state index < -0.39 is 0 Å². The van der Waals surface area contributed by atoms with E-state index in [1.165, 1.54) is 17.3 Å². The van der Waals surface area contributed by atoms with Gasteiger partial charge in [-0.2, -0.15) is 4.98 Å². The van der Waals surface area contributed by atoms with Gasteiger partial charge in [0.15, 0.2) is 0 Å². The van der Waals surface area contributed by atoms with Crippen LogP contribution in [0.4, 0.5) is 11.6 Å². The molecule has 6 nitrogen and oxygen atoms in total. The van der Waals surface area contributed by atoms with Crippen LogP contribution in [0.25, 0.3) is 0 Å². The number of hydrogen-bond acceptors (Lipinski definition) is 5. The lowest BCUT2D eigenvalue weighted by Crippen LogP contribution is -2.12. The third kappa shape index (κ3) is 4.64. The van der Waals surface area contributed by atoms with E-state index in [9.17, 15) is 4.79 Å². The lowest BCUT2D eigenvalue weighted by atomic mass is 10.0. The maximum absolute atomic E-state index is 12.6. The highest BCUT2D eigenvalue weighted by molar-refractivity contribution is 7.98. The minimum absolute atomic E-state index is 0.125. The number of nitrogens with one attached hydrogen (secondary N) is 2. The summed E-state index contributed by atoms with van der Waals surface area (Å²) in [7, 11) is 0. The second kappa shape index (κ2) is 8.05. The second-order valence-corrected chi connectivity index (χ2v) is 7.17. The van der Waals surface area contributed by atoms with Crippen LogP contribution in [0.3, 0.4) is 0 Å². The number of rotatable bonds is 6. The molecule has 0 radical (unpaired) electrons. The second-order valence-electron chi connectivity index (χ2n) is 6.23. The van der Waals surface area contributed by atoms with Crippen LogP contribution in [0, 0.1) is 0 Å². The quantitative estimate of drug-likeness (QED) is 0.571. The molecule has 0 aliphatic carbocycles. The summed E-state index contributed by atoms with van der Waals surface area (Å²) in [6.07, 6.45) is 0. The molecule has 26 heavy (non-hydrogen) atoms. The van der Waals surface area contributed by atoms with Gasteiger partial charge < -0.3 is 11.1 Å². The zero-order valence-electron chi connectivity index (χ0n) is 14.7. The molecule has 1 amide bonds. The van der Waals surface area contributed by atoms with Gasteiger partial charge in [0.2, 0.25) is 11.1 Å². The molecule has 0 saturated carbocycles. The molecule has 0 atom stereocenters. The number of hydrogen-bond donors (Lipinski definition) is 3. The van der Waals surface area contributed by atoms with E-state index in [0.717, 1.165) is 11.3 Å². The van der Waals surface area contributed by atoms with Crippen LogP contribution in [0.5, 0.6) is 0 Å². The number of nitrogen functional groups attached to an aromatic ring is 1. The Kier molecular flexibility index (Phi) is 5.58. The summed E-state index contributed by atoms with van der Waals surface area (Å²) < 4.78 is 0. The number of amides is 1. The first kappa shape index (κ1) is 18.0. The molecule has 0 fully saturated rings. The summed E-state index contributed by atoms with van der Waals surface area (Å²) in [4.78, 5) is 16.6. The topological polar surface area (TPSA) is 96.7 Å². The van der Waals surface area contributed by atoms with Gasteiger partial charge in [-0.1, -0.05) is 49.9 Å². The number of carbonyl (C=O) groups excluding carboxylic acids is 1. The van der Waals surface area contributed by atoms with E-state index in [0.29, 0.717) is 28.3 Å². The number of nitrogens with two attached hydrogens (primary N) is 1. The Hall–Kier alpha value is -2.80. The van der Waals surface area contributed by atoms with Crippen LogP contribution in [0.2, 0.25) is 0 Å². The molecule has 3 rings (SSSR count). The van der Waals surface area contributed by atoms with E-state index in [2.05, 4.69) is 40.4 Å². The number of nitrogens with zero attached hydrogens (tertiary/aromatic N) is 2. The molecular formula is C19H21N5OS. The molecular weight excluding hydrogens is 346 g/mol. The summed E-state index contributed by atoms with van der Waals surface area (Å²) >= 11 is 1.46. The van der Waals surface area contributed by atoms with Crippen LogP contribution < -0.4 is 11.1 Å². The standard InChI is InChI=1S/C19H21N5OS/c1-12(2)14-6-4-8-16(10-14)21-17(25)15-7-3-5-13(9-15)11-26-19-22-18(20)23-24-19/h3-10,12H,11H2,1-2H3,(H,21,25)(H3,20,22,23,24). The average Bonchev–Trinajstić information content (AvgIpc) is 3.06. The number of aromatic amines is 1. The van der Waals surface area contributed by atoms with Crippen LogP contribution in [0.1, 0.15) is 41.3 Å². The molecule has 0 bridgehead atoms. The van der Waals surface area contributed by atoms with Crippen LogP contribution in [0.15, 0.2) is 53.7 Å². The van der Waals surface area contributed by atoms with E-state index >= 15 is 0 Å².